The third-order valence-electron chi connectivity index (χ3n) is 2.58. The molecule has 0 saturated carbocycles. The largest absolute Gasteiger partial charge is 0.355 e. The molecule has 0 heterocycles. The van der Waals surface area contributed by atoms with Gasteiger partial charge in [0.15, 0.2) is 0 Å². The van der Waals surface area contributed by atoms with Crippen LogP contribution in [0.5, 0.6) is 0 Å². The molecule has 1 atom stereocenters. The van der Waals surface area contributed by atoms with Crippen LogP contribution in [0.4, 0.5) is 0 Å². The number of carbonyl (C=O) groups is 2. The fraction of sp³-hybridized carbons (Fsp3) is 0.833. The zero-order valence-electron chi connectivity index (χ0n) is 11.0. The summed E-state index contributed by atoms with van der Waals surface area (Å²) in [7, 11) is 1.80. The molecule has 0 aromatic heterocycles. The molecule has 16 heavy (non-hydrogen) atoms. The van der Waals surface area contributed by atoms with Crippen LogP contribution in [0.3, 0.4) is 0 Å². The first-order chi connectivity index (χ1) is 7.38. The first-order valence-electron chi connectivity index (χ1n) is 5.88. The van der Waals surface area contributed by atoms with Crippen LogP contribution < -0.4 is 5.32 Å². The minimum absolute atomic E-state index is 0.0213. The van der Waals surface area contributed by atoms with Gasteiger partial charge in [-0.15, -0.1) is 0 Å². The molecule has 0 aliphatic heterocycles. The van der Waals surface area contributed by atoms with Crippen molar-refractivity contribution in [2.75, 3.05) is 20.1 Å². The number of hydrogen-bond donors (Lipinski definition) is 1. The molecule has 1 unspecified atom stereocenters. The van der Waals surface area contributed by atoms with E-state index in [4.69, 9.17) is 0 Å². The standard InChI is InChI=1S/C12H24N2O2/c1-6-11(15)10(4)14(5)8-12(16)13-7-9(2)3/h9-10H,6-8H2,1-5H3,(H,13,16). The highest BCUT2D eigenvalue weighted by Crippen LogP contribution is 1.99. The molecule has 0 aromatic carbocycles. The highest BCUT2D eigenvalue weighted by Gasteiger charge is 2.18. The van der Waals surface area contributed by atoms with E-state index in [0.29, 0.717) is 18.9 Å². The SMILES string of the molecule is CCC(=O)C(C)N(C)CC(=O)NCC(C)C. The van der Waals surface area contributed by atoms with Gasteiger partial charge in [0.25, 0.3) is 0 Å². The summed E-state index contributed by atoms with van der Waals surface area (Å²) in [5.74, 6) is 0.593. The van der Waals surface area contributed by atoms with Gasteiger partial charge in [0, 0.05) is 13.0 Å². The zero-order chi connectivity index (χ0) is 12.7. The van der Waals surface area contributed by atoms with Crippen molar-refractivity contribution in [3.63, 3.8) is 0 Å². The smallest absolute Gasteiger partial charge is 0.234 e. The second-order valence-corrected chi connectivity index (χ2v) is 4.61. The molecule has 0 bridgehead atoms. The maximum atomic E-state index is 11.5. The Morgan fingerprint density at radius 2 is 1.81 bits per heavy atom. The van der Waals surface area contributed by atoms with Crippen LogP contribution in [0.2, 0.25) is 0 Å². The predicted octanol–water partition coefficient (Wildman–Crippen LogP) is 1.06. The summed E-state index contributed by atoms with van der Waals surface area (Å²) < 4.78 is 0. The number of Topliss-reactive ketones (excluding diaryl/α,β-unsaturated/α-hetero) is 1. The molecule has 4 nitrogen and oxygen atoms in total. The van der Waals surface area contributed by atoms with Crippen LogP contribution in [-0.4, -0.2) is 42.8 Å². The molecule has 0 radical (unpaired) electrons. The number of nitrogens with zero attached hydrogens (tertiary/aromatic N) is 1. The Labute approximate surface area is 98.4 Å². The summed E-state index contributed by atoms with van der Waals surface area (Å²) >= 11 is 0. The van der Waals surface area contributed by atoms with Gasteiger partial charge in [0.05, 0.1) is 12.6 Å². The van der Waals surface area contributed by atoms with Gasteiger partial charge in [0.2, 0.25) is 5.91 Å². The molecule has 0 saturated heterocycles. The highest BCUT2D eigenvalue weighted by molar-refractivity contribution is 5.84. The monoisotopic (exact) mass is 228 g/mol. The number of carbonyl (C=O) groups excluding carboxylic acids is 2. The van der Waals surface area contributed by atoms with Gasteiger partial charge in [0.1, 0.15) is 5.78 Å². The Balaban J connectivity index is 3.99. The number of rotatable bonds is 7. The molecule has 0 rings (SSSR count). The summed E-state index contributed by atoms with van der Waals surface area (Å²) in [4.78, 5) is 24.7. The van der Waals surface area contributed by atoms with Crippen molar-refractivity contribution in [3.8, 4) is 0 Å². The molecule has 0 aliphatic rings. The third kappa shape index (κ3) is 5.85. The normalized spacial score (nSPS) is 12.9. The van der Waals surface area contributed by atoms with Crippen molar-refractivity contribution in [1.29, 1.82) is 0 Å². The van der Waals surface area contributed by atoms with Gasteiger partial charge in [-0.25, -0.2) is 0 Å². The maximum absolute atomic E-state index is 11.5. The fourth-order valence-corrected chi connectivity index (χ4v) is 1.28. The summed E-state index contributed by atoms with van der Waals surface area (Å²) in [5, 5.41) is 2.83. The van der Waals surface area contributed by atoms with Gasteiger partial charge in [-0.3, -0.25) is 14.5 Å². The molecule has 0 spiro atoms. The molecule has 0 fully saturated rings. The van der Waals surface area contributed by atoms with Crippen LogP contribution in [0.25, 0.3) is 0 Å². The molecular weight excluding hydrogens is 204 g/mol. The quantitative estimate of drug-likeness (QED) is 0.709. The number of ketones is 1. The topological polar surface area (TPSA) is 49.4 Å². The van der Waals surface area contributed by atoms with Crippen LogP contribution in [-0.2, 0) is 9.59 Å². The average Bonchev–Trinajstić information content (AvgIpc) is 2.24. The first-order valence-corrected chi connectivity index (χ1v) is 5.88. The lowest BCUT2D eigenvalue weighted by Gasteiger charge is -2.22. The van der Waals surface area contributed by atoms with Crippen LogP contribution >= 0.6 is 0 Å². The second-order valence-electron chi connectivity index (χ2n) is 4.61. The summed E-state index contributed by atoms with van der Waals surface area (Å²) in [6.07, 6.45) is 0.513. The van der Waals surface area contributed by atoms with Crippen molar-refractivity contribution >= 4 is 11.7 Å². The Kier molecular flexibility index (Phi) is 6.97. The Hall–Kier alpha value is -0.900. The highest BCUT2D eigenvalue weighted by atomic mass is 16.2. The molecular formula is C12H24N2O2. The van der Waals surface area contributed by atoms with Crippen LogP contribution in [0, 0.1) is 5.92 Å². The number of likely N-dealkylation sites (N-methyl/N-ethyl adjacent to an activating group) is 1. The maximum Gasteiger partial charge on any atom is 0.234 e. The van der Waals surface area contributed by atoms with E-state index in [1.165, 1.54) is 0 Å². The number of amides is 1. The van der Waals surface area contributed by atoms with Crippen molar-refractivity contribution in [3.05, 3.63) is 0 Å². The Bertz CT molecular complexity index is 239. The van der Waals surface area contributed by atoms with Crippen molar-refractivity contribution in [2.24, 2.45) is 5.92 Å². The Morgan fingerprint density at radius 3 is 2.25 bits per heavy atom. The lowest BCUT2D eigenvalue weighted by molar-refractivity contribution is -0.126. The molecule has 1 N–H and O–H groups in total. The predicted molar refractivity (Wildman–Crippen MR) is 65.2 cm³/mol. The number of nitrogens with one attached hydrogen (secondary N) is 1. The number of hydrogen-bond acceptors (Lipinski definition) is 3. The van der Waals surface area contributed by atoms with Crippen LogP contribution in [0.1, 0.15) is 34.1 Å². The van der Waals surface area contributed by atoms with Crippen molar-refractivity contribution < 1.29 is 9.59 Å². The van der Waals surface area contributed by atoms with E-state index in [9.17, 15) is 9.59 Å². The summed E-state index contributed by atoms with van der Waals surface area (Å²) in [6.45, 7) is 8.73. The van der Waals surface area contributed by atoms with E-state index >= 15 is 0 Å². The van der Waals surface area contributed by atoms with Gasteiger partial charge in [-0.2, -0.15) is 0 Å². The van der Waals surface area contributed by atoms with E-state index in [1.807, 2.05) is 27.7 Å². The molecule has 94 valence electrons. The van der Waals surface area contributed by atoms with Gasteiger partial charge >= 0.3 is 0 Å². The second kappa shape index (κ2) is 7.39. The fourth-order valence-electron chi connectivity index (χ4n) is 1.28. The Morgan fingerprint density at radius 1 is 1.25 bits per heavy atom. The van der Waals surface area contributed by atoms with E-state index in [0.717, 1.165) is 0 Å². The summed E-state index contributed by atoms with van der Waals surface area (Å²) in [5.41, 5.74) is 0. The van der Waals surface area contributed by atoms with Gasteiger partial charge in [-0.05, 0) is 19.9 Å². The van der Waals surface area contributed by atoms with Crippen molar-refractivity contribution in [2.45, 2.75) is 40.2 Å². The lowest BCUT2D eigenvalue weighted by atomic mass is 10.1. The molecule has 1 amide bonds. The molecule has 0 aliphatic carbocycles. The van der Waals surface area contributed by atoms with Crippen LogP contribution in [0.15, 0.2) is 0 Å². The summed E-state index contributed by atoms with van der Waals surface area (Å²) in [6, 6.07) is -0.185. The van der Waals surface area contributed by atoms with E-state index < -0.39 is 0 Å². The first kappa shape index (κ1) is 15.1. The van der Waals surface area contributed by atoms with E-state index in [-0.39, 0.29) is 24.3 Å². The minimum atomic E-state index is -0.185. The van der Waals surface area contributed by atoms with Crippen molar-refractivity contribution in [1.82, 2.24) is 10.2 Å². The van der Waals surface area contributed by atoms with E-state index in [2.05, 4.69) is 5.32 Å². The third-order valence-corrected chi connectivity index (χ3v) is 2.58. The average molecular weight is 228 g/mol. The van der Waals surface area contributed by atoms with Gasteiger partial charge < -0.3 is 5.32 Å². The van der Waals surface area contributed by atoms with Gasteiger partial charge in [-0.1, -0.05) is 20.8 Å². The van der Waals surface area contributed by atoms with E-state index in [1.54, 1.807) is 11.9 Å². The lowest BCUT2D eigenvalue weighted by Crippen LogP contribution is -2.43. The zero-order valence-corrected chi connectivity index (χ0v) is 11.0. The minimum Gasteiger partial charge on any atom is -0.355 e. The molecule has 4 heteroatoms. The molecule has 0 aromatic rings.